The molecule has 28 heavy (non-hydrogen) atoms. The number of aliphatic hydroxyl groups excluding tert-OH is 1. The fourth-order valence-corrected chi connectivity index (χ4v) is 4.98. The summed E-state index contributed by atoms with van der Waals surface area (Å²) in [6.45, 7) is 2.84. The normalized spacial score (nSPS) is 15.5. The summed E-state index contributed by atoms with van der Waals surface area (Å²) in [6.07, 6.45) is 0.591. The van der Waals surface area contributed by atoms with Crippen LogP contribution >= 0.6 is 11.6 Å². The zero-order chi connectivity index (χ0) is 20.3. The summed E-state index contributed by atoms with van der Waals surface area (Å²) in [5.74, 6) is -0.322. The molecule has 150 valence electrons. The highest BCUT2D eigenvalue weighted by Gasteiger charge is 2.28. The molecule has 2 aromatic carbocycles. The molecule has 2 aromatic rings. The highest BCUT2D eigenvalue weighted by molar-refractivity contribution is 7.92. The molecule has 0 aliphatic carbocycles. The quantitative estimate of drug-likeness (QED) is 0.802. The minimum Gasteiger partial charge on any atom is -0.393 e. The van der Waals surface area contributed by atoms with Gasteiger partial charge in [-0.1, -0.05) is 29.8 Å². The first-order valence-electron chi connectivity index (χ1n) is 9.19. The van der Waals surface area contributed by atoms with E-state index in [0.717, 1.165) is 0 Å². The molecule has 1 fully saturated rings. The standard InChI is InChI=1S/C20H23ClN2O4S/c1-2-23(15-6-4-3-5-7-15)28(26,27)17-8-9-19(21)18(14-17)20(25)22-12-10-16(24)11-13-22/h3-9,14,16,24H,2,10-13H2,1H3. The van der Waals surface area contributed by atoms with Gasteiger partial charge in [0, 0.05) is 19.6 Å². The Hall–Kier alpha value is -2.09. The van der Waals surface area contributed by atoms with Crippen molar-refractivity contribution in [2.75, 3.05) is 23.9 Å². The van der Waals surface area contributed by atoms with E-state index in [2.05, 4.69) is 0 Å². The molecule has 1 aliphatic heterocycles. The fourth-order valence-electron chi connectivity index (χ4n) is 3.28. The average molecular weight is 423 g/mol. The summed E-state index contributed by atoms with van der Waals surface area (Å²) in [4.78, 5) is 14.5. The first-order chi connectivity index (χ1) is 13.3. The van der Waals surface area contributed by atoms with Crippen LogP contribution < -0.4 is 4.31 Å². The second-order valence-corrected chi connectivity index (χ2v) is 8.94. The van der Waals surface area contributed by atoms with Crippen molar-refractivity contribution < 1.29 is 18.3 Å². The van der Waals surface area contributed by atoms with E-state index in [1.165, 1.54) is 22.5 Å². The first kappa shape index (κ1) is 20.6. The molecule has 8 heteroatoms. The third-order valence-electron chi connectivity index (χ3n) is 4.84. The van der Waals surface area contributed by atoms with Gasteiger partial charge in [-0.3, -0.25) is 9.10 Å². The van der Waals surface area contributed by atoms with Gasteiger partial charge in [0.1, 0.15) is 0 Å². The third-order valence-corrected chi connectivity index (χ3v) is 7.07. The number of halogens is 1. The van der Waals surface area contributed by atoms with Gasteiger partial charge in [0.05, 0.1) is 27.3 Å². The summed E-state index contributed by atoms with van der Waals surface area (Å²) >= 11 is 6.21. The number of benzene rings is 2. The van der Waals surface area contributed by atoms with Crippen LogP contribution in [-0.2, 0) is 10.0 Å². The van der Waals surface area contributed by atoms with Gasteiger partial charge < -0.3 is 10.0 Å². The maximum atomic E-state index is 13.2. The molecule has 0 spiro atoms. The summed E-state index contributed by atoms with van der Waals surface area (Å²) < 4.78 is 27.7. The zero-order valence-corrected chi connectivity index (χ0v) is 17.2. The number of nitrogens with zero attached hydrogens (tertiary/aromatic N) is 2. The number of aliphatic hydroxyl groups is 1. The largest absolute Gasteiger partial charge is 0.393 e. The van der Waals surface area contributed by atoms with Crippen molar-refractivity contribution in [2.24, 2.45) is 0 Å². The van der Waals surface area contributed by atoms with Gasteiger partial charge in [-0.2, -0.15) is 0 Å². The summed E-state index contributed by atoms with van der Waals surface area (Å²) in [6, 6.07) is 13.0. The second-order valence-electron chi connectivity index (χ2n) is 6.67. The van der Waals surface area contributed by atoms with Gasteiger partial charge in [-0.05, 0) is 50.1 Å². The first-order valence-corrected chi connectivity index (χ1v) is 11.0. The molecule has 1 amide bonds. The second kappa shape index (κ2) is 8.51. The maximum absolute atomic E-state index is 13.2. The molecule has 0 bridgehead atoms. The van der Waals surface area contributed by atoms with Crippen molar-refractivity contribution in [1.82, 2.24) is 4.90 Å². The Bertz CT molecular complexity index is 942. The van der Waals surface area contributed by atoms with E-state index < -0.39 is 16.1 Å². The van der Waals surface area contributed by atoms with Crippen LogP contribution in [0.3, 0.4) is 0 Å². The van der Waals surface area contributed by atoms with Gasteiger partial charge in [0.25, 0.3) is 15.9 Å². The molecular weight excluding hydrogens is 400 g/mol. The average Bonchev–Trinajstić information content (AvgIpc) is 2.69. The molecule has 6 nitrogen and oxygen atoms in total. The monoisotopic (exact) mass is 422 g/mol. The van der Waals surface area contributed by atoms with Gasteiger partial charge in [0.2, 0.25) is 0 Å². The number of piperidine rings is 1. The van der Waals surface area contributed by atoms with Crippen molar-refractivity contribution in [3.63, 3.8) is 0 Å². The zero-order valence-electron chi connectivity index (χ0n) is 15.6. The minimum absolute atomic E-state index is 0.0167. The number of rotatable bonds is 5. The number of hydrogen-bond acceptors (Lipinski definition) is 4. The van der Waals surface area contributed by atoms with Crippen LogP contribution in [0.15, 0.2) is 53.4 Å². The van der Waals surface area contributed by atoms with Gasteiger partial charge in [0.15, 0.2) is 0 Å². The lowest BCUT2D eigenvalue weighted by Gasteiger charge is -2.30. The third kappa shape index (κ3) is 4.16. The van der Waals surface area contributed by atoms with Crippen LogP contribution in [0.5, 0.6) is 0 Å². The molecule has 0 saturated carbocycles. The van der Waals surface area contributed by atoms with Crippen LogP contribution in [0.2, 0.25) is 5.02 Å². The molecule has 0 unspecified atom stereocenters. The summed E-state index contributed by atoms with van der Waals surface area (Å²) in [7, 11) is -3.85. The van der Waals surface area contributed by atoms with E-state index in [1.807, 2.05) is 6.07 Å². The van der Waals surface area contributed by atoms with Crippen LogP contribution in [0.25, 0.3) is 0 Å². The highest BCUT2D eigenvalue weighted by Crippen LogP contribution is 2.28. The van der Waals surface area contributed by atoms with Crippen LogP contribution in [0.1, 0.15) is 30.1 Å². The van der Waals surface area contributed by atoms with Gasteiger partial charge >= 0.3 is 0 Å². The Balaban J connectivity index is 1.94. The van der Waals surface area contributed by atoms with E-state index in [0.29, 0.717) is 31.6 Å². The molecule has 1 N–H and O–H groups in total. The predicted octanol–water partition coefficient (Wildman–Crippen LogP) is 3.15. The smallest absolute Gasteiger partial charge is 0.264 e. The maximum Gasteiger partial charge on any atom is 0.264 e. The number of carbonyl (C=O) groups is 1. The van der Waals surface area contributed by atoms with E-state index in [4.69, 9.17) is 11.6 Å². The number of para-hydroxylation sites is 1. The molecule has 3 rings (SSSR count). The summed E-state index contributed by atoms with van der Waals surface area (Å²) in [5, 5.41) is 9.84. The number of hydrogen-bond donors (Lipinski definition) is 1. The van der Waals surface area contributed by atoms with E-state index in [9.17, 15) is 18.3 Å². The molecule has 1 saturated heterocycles. The van der Waals surface area contributed by atoms with Crippen molar-refractivity contribution >= 4 is 33.2 Å². The van der Waals surface area contributed by atoms with Crippen LogP contribution in [0, 0.1) is 0 Å². The van der Waals surface area contributed by atoms with E-state index in [1.54, 1.807) is 36.1 Å². The Morgan fingerprint density at radius 2 is 1.82 bits per heavy atom. The number of likely N-dealkylation sites (tertiary alicyclic amines) is 1. The lowest BCUT2D eigenvalue weighted by Crippen LogP contribution is -2.40. The SMILES string of the molecule is CCN(c1ccccc1)S(=O)(=O)c1ccc(Cl)c(C(=O)N2CCC(O)CC2)c1. The van der Waals surface area contributed by atoms with E-state index >= 15 is 0 Å². The predicted molar refractivity (Wildman–Crippen MR) is 109 cm³/mol. The molecule has 0 atom stereocenters. The van der Waals surface area contributed by atoms with E-state index in [-0.39, 0.29) is 27.9 Å². The number of amides is 1. The fraction of sp³-hybridized carbons (Fsp3) is 0.350. The number of carbonyl (C=O) groups excluding carboxylic acids is 1. The molecule has 0 radical (unpaired) electrons. The number of sulfonamides is 1. The Morgan fingerprint density at radius 3 is 2.43 bits per heavy atom. The highest BCUT2D eigenvalue weighted by atomic mass is 35.5. The Labute approximate surface area is 170 Å². The Morgan fingerprint density at radius 1 is 1.18 bits per heavy atom. The molecule has 1 aliphatic rings. The lowest BCUT2D eigenvalue weighted by molar-refractivity contribution is 0.0546. The van der Waals surface area contributed by atoms with Gasteiger partial charge in [-0.15, -0.1) is 0 Å². The minimum atomic E-state index is -3.85. The molecular formula is C20H23ClN2O4S. The number of anilines is 1. The van der Waals surface area contributed by atoms with Gasteiger partial charge in [-0.25, -0.2) is 8.42 Å². The lowest BCUT2D eigenvalue weighted by atomic mass is 10.1. The van der Waals surface area contributed by atoms with Crippen LogP contribution in [-0.4, -0.2) is 50.1 Å². The van der Waals surface area contributed by atoms with Crippen molar-refractivity contribution in [2.45, 2.75) is 30.8 Å². The van der Waals surface area contributed by atoms with Crippen molar-refractivity contribution in [3.8, 4) is 0 Å². The van der Waals surface area contributed by atoms with Crippen molar-refractivity contribution in [3.05, 3.63) is 59.1 Å². The molecule has 1 heterocycles. The Kier molecular flexibility index (Phi) is 6.27. The van der Waals surface area contributed by atoms with Crippen molar-refractivity contribution in [1.29, 1.82) is 0 Å². The topological polar surface area (TPSA) is 77.9 Å². The van der Waals surface area contributed by atoms with Crippen LogP contribution in [0.4, 0.5) is 5.69 Å². The summed E-state index contributed by atoms with van der Waals surface area (Å²) in [5.41, 5.74) is 0.709. The molecule has 0 aromatic heterocycles.